The Morgan fingerprint density at radius 3 is 2.50 bits per heavy atom. The predicted molar refractivity (Wildman–Crippen MR) is 75.3 cm³/mol. The highest BCUT2D eigenvalue weighted by molar-refractivity contribution is 5.78. The van der Waals surface area contributed by atoms with E-state index >= 15 is 0 Å². The highest BCUT2D eigenvalue weighted by Crippen LogP contribution is 2.28. The first-order chi connectivity index (χ1) is 8.24. The summed E-state index contributed by atoms with van der Waals surface area (Å²) in [7, 11) is 4.07. The molecular weight excluding hydrogens is 226 g/mol. The summed E-state index contributed by atoms with van der Waals surface area (Å²) in [5.74, 6) is 0.804. The Hall–Kier alpha value is -0.610. The fourth-order valence-electron chi connectivity index (χ4n) is 2.26. The van der Waals surface area contributed by atoms with Gasteiger partial charge in [-0.3, -0.25) is 4.79 Å². The topological polar surface area (TPSA) is 58.4 Å². The quantitative estimate of drug-likeness (QED) is 0.794. The molecule has 1 aliphatic rings. The van der Waals surface area contributed by atoms with Gasteiger partial charge in [-0.1, -0.05) is 6.92 Å². The Bertz CT molecular complexity index is 289. The van der Waals surface area contributed by atoms with Crippen molar-refractivity contribution in [3.05, 3.63) is 0 Å². The monoisotopic (exact) mass is 255 g/mol. The van der Waals surface area contributed by atoms with Gasteiger partial charge in [0.05, 0.1) is 0 Å². The Balaban J connectivity index is 2.42. The van der Waals surface area contributed by atoms with Crippen LogP contribution in [0, 0.1) is 11.8 Å². The average molecular weight is 255 g/mol. The van der Waals surface area contributed by atoms with Crippen LogP contribution in [0.3, 0.4) is 0 Å². The van der Waals surface area contributed by atoms with Crippen LogP contribution >= 0.6 is 0 Å². The van der Waals surface area contributed by atoms with E-state index in [0.717, 1.165) is 19.3 Å². The van der Waals surface area contributed by atoms with Gasteiger partial charge >= 0.3 is 0 Å². The second-order valence-electron chi connectivity index (χ2n) is 6.58. The fraction of sp³-hybridized carbons (Fsp3) is 0.929. The van der Waals surface area contributed by atoms with Crippen molar-refractivity contribution >= 4 is 5.91 Å². The fourth-order valence-corrected chi connectivity index (χ4v) is 2.26. The van der Waals surface area contributed by atoms with Gasteiger partial charge < -0.3 is 16.0 Å². The summed E-state index contributed by atoms with van der Waals surface area (Å²) in [6, 6.07) is 0.271. The molecule has 106 valence electrons. The van der Waals surface area contributed by atoms with Gasteiger partial charge in [-0.2, -0.15) is 0 Å². The van der Waals surface area contributed by atoms with E-state index in [4.69, 9.17) is 5.73 Å². The largest absolute Gasteiger partial charge is 0.354 e. The van der Waals surface area contributed by atoms with E-state index in [1.807, 2.05) is 14.1 Å². The summed E-state index contributed by atoms with van der Waals surface area (Å²) in [6.07, 6.45) is 2.82. The van der Waals surface area contributed by atoms with Crippen molar-refractivity contribution in [3.8, 4) is 0 Å². The molecular formula is C14H29N3O. The second-order valence-corrected chi connectivity index (χ2v) is 6.58. The molecule has 1 aliphatic carbocycles. The number of carbonyl (C=O) groups is 1. The maximum Gasteiger partial charge on any atom is 0.223 e. The number of hydrogen-bond acceptors (Lipinski definition) is 3. The van der Waals surface area contributed by atoms with Crippen molar-refractivity contribution in [1.29, 1.82) is 0 Å². The Morgan fingerprint density at radius 1 is 1.39 bits per heavy atom. The van der Waals surface area contributed by atoms with Crippen LogP contribution in [-0.2, 0) is 4.79 Å². The summed E-state index contributed by atoms with van der Waals surface area (Å²) in [4.78, 5) is 14.3. The van der Waals surface area contributed by atoms with Gasteiger partial charge in [-0.15, -0.1) is 0 Å². The Labute approximate surface area is 111 Å². The highest BCUT2D eigenvalue weighted by atomic mass is 16.1. The minimum Gasteiger partial charge on any atom is -0.354 e. The third kappa shape index (κ3) is 3.95. The lowest BCUT2D eigenvalue weighted by Crippen LogP contribution is -2.50. The summed E-state index contributed by atoms with van der Waals surface area (Å²) < 4.78 is 0. The van der Waals surface area contributed by atoms with Crippen molar-refractivity contribution in [2.45, 2.75) is 51.6 Å². The van der Waals surface area contributed by atoms with Gasteiger partial charge in [0.15, 0.2) is 0 Å². The first-order valence-corrected chi connectivity index (χ1v) is 6.94. The third-order valence-corrected chi connectivity index (χ3v) is 4.51. The lowest BCUT2D eigenvalue weighted by atomic mass is 9.79. The van der Waals surface area contributed by atoms with Gasteiger partial charge in [-0.05, 0) is 53.1 Å². The zero-order valence-corrected chi connectivity index (χ0v) is 12.5. The van der Waals surface area contributed by atoms with E-state index in [1.54, 1.807) is 0 Å². The number of hydrogen-bond donors (Lipinski definition) is 2. The van der Waals surface area contributed by atoms with E-state index in [2.05, 4.69) is 31.0 Å². The van der Waals surface area contributed by atoms with Crippen LogP contribution in [-0.4, -0.2) is 43.0 Å². The molecule has 0 radical (unpaired) electrons. The molecule has 0 aromatic heterocycles. The number of nitrogens with zero attached hydrogens (tertiary/aromatic N) is 1. The molecule has 0 aromatic carbocycles. The van der Waals surface area contributed by atoms with Crippen LogP contribution in [0.2, 0.25) is 0 Å². The molecule has 3 N–H and O–H groups in total. The standard InChI is InChI=1S/C14H29N3O/c1-10-8-11(6-7-12(10)15)13(18)16-9-14(2,3)17(4)5/h10-12H,6-9,15H2,1-5H3,(H,16,18). The number of rotatable bonds is 4. The van der Waals surface area contributed by atoms with Crippen molar-refractivity contribution in [2.75, 3.05) is 20.6 Å². The summed E-state index contributed by atoms with van der Waals surface area (Å²) in [5.41, 5.74) is 5.98. The molecule has 1 saturated carbocycles. The molecule has 0 aliphatic heterocycles. The van der Waals surface area contributed by atoms with Gasteiger partial charge in [0.2, 0.25) is 5.91 Å². The molecule has 1 amide bonds. The molecule has 0 heterocycles. The number of amides is 1. The van der Waals surface area contributed by atoms with E-state index in [0.29, 0.717) is 12.5 Å². The molecule has 3 unspecified atom stereocenters. The lowest BCUT2D eigenvalue weighted by molar-refractivity contribution is -0.127. The average Bonchev–Trinajstić information content (AvgIpc) is 2.29. The maximum atomic E-state index is 12.1. The first kappa shape index (κ1) is 15.4. The first-order valence-electron chi connectivity index (χ1n) is 6.94. The van der Waals surface area contributed by atoms with E-state index in [-0.39, 0.29) is 23.4 Å². The van der Waals surface area contributed by atoms with Gasteiger partial charge in [0.25, 0.3) is 0 Å². The molecule has 18 heavy (non-hydrogen) atoms. The van der Waals surface area contributed by atoms with Crippen molar-refractivity contribution in [1.82, 2.24) is 10.2 Å². The normalized spacial score (nSPS) is 29.4. The summed E-state index contributed by atoms with van der Waals surface area (Å²) in [5, 5.41) is 3.09. The molecule has 1 rings (SSSR count). The van der Waals surface area contributed by atoms with Gasteiger partial charge in [0, 0.05) is 24.0 Å². The molecule has 3 atom stereocenters. The Morgan fingerprint density at radius 2 is 2.00 bits per heavy atom. The Kier molecular flexibility index (Phi) is 5.17. The second kappa shape index (κ2) is 6.02. The third-order valence-electron chi connectivity index (χ3n) is 4.51. The molecule has 4 nitrogen and oxygen atoms in total. The van der Waals surface area contributed by atoms with Crippen molar-refractivity contribution < 1.29 is 4.79 Å². The van der Waals surface area contributed by atoms with E-state index in [1.165, 1.54) is 0 Å². The number of carbonyl (C=O) groups excluding carboxylic acids is 1. The molecule has 1 fully saturated rings. The molecule has 0 saturated heterocycles. The van der Waals surface area contributed by atoms with Crippen LogP contribution in [0.4, 0.5) is 0 Å². The highest BCUT2D eigenvalue weighted by Gasteiger charge is 2.30. The maximum absolute atomic E-state index is 12.1. The van der Waals surface area contributed by atoms with Crippen molar-refractivity contribution in [2.24, 2.45) is 17.6 Å². The number of nitrogens with two attached hydrogens (primary N) is 1. The molecule has 0 bridgehead atoms. The van der Waals surface area contributed by atoms with E-state index < -0.39 is 0 Å². The van der Waals surface area contributed by atoms with Crippen LogP contribution < -0.4 is 11.1 Å². The van der Waals surface area contributed by atoms with Crippen LogP contribution in [0.5, 0.6) is 0 Å². The minimum absolute atomic E-state index is 0.00759. The smallest absolute Gasteiger partial charge is 0.223 e. The predicted octanol–water partition coefficient (Wildman–Crippen LogP) is 1.21. The summed E-state index contributed by atoms with van der Waals surface area (Å²) in [6.45, 7) is 7.10. The molecule has 0 spiro atoms. The van der Waals surface area contributed by atoms with Gasteiger partial charge in [-0.25, -0.2) is 0 Å². The van der Waals surface area contributed by atoms with Crippen LogP contribution in [0.25, 0.3) is 0 Å². The van der Waals surface area contributed by atoms with Crippen molar-refractivity contribution in [3.63, 3.8) is 0 Å². The lowest BCUT2D eigenvalue weighted by Gasteiger charge is -2.35. The van der Waals surface area contributed by atoms with E-state index in [9.17, 15) is 4.79 Å². The SMILES string of the molecule is CC1CC(C(=O)NCC(C)(C)N(C)C)CCC1N. The molecule has 4 heteroatoms. The number of likely N-dealkylation sites (N-methyl/N-ethyl adjacent to an activating group) is 1. The van der Waals surface area contributed by atoms with Crippen LogP contribution in [0.15, 0.2) is 0 Å². The molecule has 0 aromatic rings. The minimum atomic E-state index is -0.00759. The number of nitrogens with one attached hydrogen (secondary N) is 1. The van der Waals surface area contributed by atoms with Gasteiger partial charge in [0.1, 0.15) is 0 Å². The summed E-state index contributed by atoms with van der Waals surface area (Å²) >= 11 is 0. The zero-order valence-electron chi connectivity index (χ0n) is 12.5. The zero-order chi connectivity index (χ0) is 13.9. The van der Waals surface area contributed by atoms with Crippen LogP contribution in [0.1, 0.15) is 40.0 Å².